The Bertz CT molecular complexity index is 1660. The Hall–Kier alpha value is -4.24. The predicted molar refractivity (Wildman–Crippen MR) is 136 cm³/mol. The molecule has 0 saturated heterocycles. The van der Waals surface area contributed by atoms with Crippen LogP contribution in [0.4, 0.5) is 4.39 Å². The molecule has 0 atom stereocenters. The molecule has 2 aromatic heterocycles. The zero-order valence-corrected chi connectivity index (χ0v) is 19.0. The van der Waals surface area contributed by atoms with Gasteiger partial charge in [0.2, 0.25) is 5.69 Å². The van der Waals surface area contributed by atoms with Crippen molar-refractivity contribution < 1.29 is 13.4 Å². The Labute approximate surface area is 197 Å². The second kappa shape index (κ2) is 7.96. The fourth-order valence-corrected chi connectivity index (χ4v) is 4.85. The zero-order valence-electron chi connectivity index (χ0n) is 19.0. The summed E-state index contributed by atoms with van der Waals surface area (Å²) in [6, 6.07) is 31.8. The van der Waals surface area contributed by atoms with Crippen LogP contribution in [0.3, 0.4) is 0 Å². The van der Waals surface area contributed by atoms with Gasteiger partial charge in [0, 0.05) is 22.9 Å². The molecule has 6 rings (SSSR count). The third kappa shape index (κ3) is 3.20. The number of aryl methyl sites for hydroxylation is 2. The van der Waals surface area contributed by atoms with E-state index < -0.39 is 0 Å². The first-order valence-corrected chi connectivity index (χ1v) is 11.4. The highest BCUT2D eigenvalue weighted by molar-refractivity contribution is 6.15. The molecule has 0 aliphatic heterocycles. The van der Waals surface area contributed by atoms with Crippen LogP contribution >= 0.6 is 0 Å². The number of nitrogens with zero attached hydrogens (tertiary/aromatic N) is 1. The summed E-state index contributed by atoms with van der Waals surface area (Å²) in [6.07, 6.45) is 2.04. The Morgan fingerprint density at radius 2 is 1.38 bits per heavy atom. The highest BCUT2D eigenvalue weighted by Crippen LogP contribution is 2.42. The van der Waals surface area contributed by atoms with Crippen LogP contribution in [0.2, 0.25) is 0 Å². The van der Waals surface area contributed by atoms with Crippen molar-refractivity contribution in [2.24, 2.45) is 7.05 Å². The minimum absolute atomic E-state index is 0.289. The molecule has 0 unspecified atom stereocenters. The highest BCUT2D eigenvalue weighted by Gasteiger charge is 2.23. The SMILES string of the molecule is Cc1ccc2oc3c(-c4ccc(-c5ccccc5)cc4)c(F)ccc3c2c1-c1cccc[n+]1C. The molecule has 0 spiro atoms. The van der Waals surface area contributed by atoms with Gasteiger partial charge in [0.25, 0.3) is 0 Å². The van der Waals surface area contributed by atoms with E-state index in [9.17, 15) is 0 Å². The molecule has 0 amide bonds. The van der Waals surface area contributed by atoms with Crippen molar-refractivity contribution >= 4 is 21.9 Å². The van der Waals surface area contributed by atoms with Gasteiger partial charge in [-0.05, 0) is 53.4 Å². The number of rotatable bonds is 3. The van der Waals surface area contributed by atoms with Gasteiger partial charge >= 0.3 is 0 Å². The second-order valence-electron chi connectivity index (χ2n) is 8.67. The van der Waals surface area contributed by atoms with Crippen molar-refractivity contribution in [1.82, 2.24) is 0 Å². The molecular weight excluding hydrogens is 421 g/mol. The smallest absolute Gasteiger partial charge is 0.213 e. The first-order valence-electron chi connectivity index (χ1n) is 11.4. The minimum atomic E-state index is -0.289. The Balaban J connectivity index is 1.59. The summed E-state index contributed by atoms with van der Waals surface area (Å²) in [7, 11) is 2.04. The topological polar surface area (TPSA) is 17.0 Å². The standard InChI is InChI=1S/C31H23FNO/c1-20-11-18-27-30(28(20)26-10-6-7-19-33(26)2)24-16-17-25(32)29(31(24)34-27)23-14-12-22(13-15-23)21-8-4-3-5-9-21/h3-19H,1-2H3/q+1. The van der Waals surface area contributed by atoms with Crippen LogP contribution < -0.4 is 4.57 Å². The first kappa shape index (κ1) is 20.4. The molecule has 6 aromatic rings. The summed E-state index contributed by atoms with van der Waals surface area (Å²) in [6.45, 7) is 2.10. The minimum Gasteiger partial charge on any atom is -0.455 e. The summed E-state index contributed by atoms with van der Waals surface area (Å²) in [5, 5.41) is 1.93. The summed E-state index contributed by atoms with van der Waals surface area (Å²) in [5.74, 6) is -0.289. The number of aromatic nitrogens is 1. The van der Waals surface area contributed by atoms with Crippen LogP contribution in [0.15, 0.2) is 108 Å². The van der Waals surface area contributed by atoms with Gasteiger partial charge in [0.05, 0.1) is 11.1 Å². The molecule has 164 valence electrons. The van der Waals surface area contributed by atoms with Gasteiger partial charge in [-0.25, -0.2) is 8.96 Å². The normalized spacial score (nSPS) is 11.4. The molecular formula is C31H23FNO+. The molecule has 2 heterocycles. The summed E-state index contributed by atoms with van der Waals surface area (Å²) >= 11 is 0. The fourth-order valence-electron chi connectivity index (χ4n) is 4.85. The third-order valence-corrected chi connectivity index (χ3v) is 6.56. The Morgan fingerprint density at radius 3 is 2.15 bits per heavy atom. The van der Waals surface area contributed by atoms with E-state index in [1.54, 1.807) is 6.07 Å². The molecule has 0 fully saturated rings. The van der Waals surface area contributed by atoms with E-state index in [0.717, 1.165) is 49.9 Å². The van der Waals surface area contributed by atoms with Crippen molar-refractivity contribution in [3.8, 4) is 33.5 Å². The van der Waals surface area contributed by atoms with Crippen molar-refractivity contribution in [1.29, 1.82) is 0 Å². The van der Waals surface area contributed by atoms with Crippen LogP contribution in [-0.4, -0.2) is 0 Å². The van der Waals surface area contributed by atoms with Crippen LogP contribution in [0, 0.1) is 12.7 Å². The maximum atomic E-state index is 15.3. The van der Waals surface area contributed by atoms with Gasteiger partial charge < -0.3 is 4.42 Å². The number of pyridine rings is 1. The van der Waals surface area contributed by atoms with E-state index in [0.29, 0.717) is 11.1 Å². The number of halogens is 1. The highest BCUT2D eigenvalue weighted by atomic mass is 19.1. The third-order valence-electron chi connectivity index (χ3n) is 6.56. The monoisotopic (exact) mass is 444 g/mol. The van der Waals surface area contributed by atoms with E-state index in [4.69, 9.17) is 4.42 Å². The number of fused-ring (bicyclic) bond motifs is 3. The molecule has 0 radical (unpaired) electrons. The summed E-state index contributed by atoms with van der Waals surface area (Å²) < 4.78 is 23.7. The molecule has 0 N–H and O–H groups in total. The Kier molecular flexibility index (Phi) is 4.77. The van der Waals surface area contributed by atoms with Crippen LogP contribution in [0.5, 0.6) is 0 Å². The lowest BCUT2D eigenvalue weighted by Crippen LogP contribution is -2.30. The van der Waals surface area contributed by atoms with Crippen molar-refractivity contribution in [2.75, 3.05) is 0 Å². The lowest BCUT2D eigenvalue weighted by Gasteiger charge is -2.08. The molecule has 0 bridgehead atoms. The number of furan rings is 1. The fraction of sp³-hybridized carbons (Fsp3) is 0.0645. The number of benzene rings is 4. The van der Waals surface area contributed by atoms with E-state index in [2.05, 4.69) is 35.8 Å². The molecule has 0 aliphatic rings. The largest absolute Gasteiger partial charge is 0.455 e. The van der Waals surface area contributed by atoms with Crippen LogP contribution in [0.1, 0.15) is 5.56 Å². The van der Waals surface area contributed by atoms with Crippen molar-refractivity contribution in [3.63, 3.8) is 0 Å². The number of hydrogen-bond acceptors (Lipinski definition) is 1. The molecule has 0 saturated carbocycles. The van der Waals surface area contributed by atoms with Gasteiger partial charge in [-0.2, -0.15) is 0 Å². The van der Waals surface area contributed by atoms with Gasteiger partial charge in [-0.15, -0.1) is 0 Å². The van der Waals surface area contributed by atoms with E-state index in [1.165, 1.54) is 0 Å². The molecule has 34 heavy (non-hydrogen) atoms. The van der Waals surface area contributed by atoms with Gasteiger partial charge in [-0.3, -0.25) is 0 Å². The second-order valence-corrected chi connectivity index (χ2v) is 8.67. The predicted octanol–water partition coefficient (Wildman–Crippen LogP) is 7.86. The number of hydrogen-bond donors (Lipinski definition) is 0. The van der Waals surface area contributed by atoms with Crippen LogP contribution in [0.25, 0.3) is 55.4 Å². The lowest BCUT2D eigenvalue weighted by atomic mass is 9.95. The molecule has 0 aliphatic carbocycles. The summed E-state index contributed by atoms with van der Waals surface area (Å²) in [4.78, 5) is 0. The van der Waals surface area contributed by atoms with Gasteiger partial charge in [0.1, 0.15) is 24.0 Å². The van der Waals surface area contributed by atoms with Gasteiger partial charge in [-0.1, -0.05) is 60.7 Å². The molecule has 3 heteroatoms. The van der Waals surface area contributed by atoms with Crippen molar-refractivity contribution in [3.05, 3.63) is 115 Å². The average molecular weight is 445 g/mol. The van der Waals surface area contributed by atoms with Crippen molar-refractivity contribution in [2.45, 2.75) is 6.92 Å². The molecule has 4 aromatic carbocycles. The lowest BCUT2D eigenvalue weighted by molar-refractivity contribution is -0.660. The maximum absolute atomic E-state index is 15.3. The van der Waals surface area contributed by atoms with Crippen LogP contribution in [-0.2, 0) is 7.05 Å². The van der Waals surface area contributed by atoms with E-state index >= 15 is 4.39 Å². The molecule has 2 nitrogen and oxygen atoms in total. The zero-order chi connectivity index (χ0) is 23.2. The van der Waals surface area contributed by atoms with Gasteiger partial charge in [0.15, 0.2) is 6.20 Å². The van der Waals surface area contributed by atoms with E-state index in [1.807, 2.05) is 80.0 Å². The average Bonchev–Trinajstić information content (AvgIpc) is 3.24. The Morgan fingerprint density at radius 1 is 0.676 bits per heavy atom. The first-order chi connectivity index (χ1) is 16.6. The quantitative estimate of drug-likeness (QED) is 0.254. The van der Waals surface area contributed by atoms with E-state index in [-0.39, 0.29) is 5.82 Å². The maximum Gasteiger partial charge on any atom is 0.213 e. The summed E-state index contributed by atoms with van der Waals surface area (Å²) in [5.41, 5.74) is 8.20.